The van der Waals surface area contributed by atoms with Crippen molar-refractivity contribution < 1.29 is 14.3 Å². The molecule has 1 aliphatic rings. The minimum atomic E-state index is -0.514. The van der Waals surface area contributed by atoms with Gasteiger partial charge in [0.15, 0.2) is 0 Å². The van der Waals surface area contributed by atoms with E-state index < -0.39 is 5.60 Å². The Bertz CT molecular complexity index is 1260. The molecule has 3 heterocycles. The van der Waals surface area contributed by atoms with Gasteiger partial charge in [-0.3, -0.25) is 4.79 Å². The van der Waals surface area contributed by atoms with Gasteiger partial charge >= 0.3 is 6.09 Å². The summed E-state index contributed by atoms with van der Waals surface area (Å²) in [4.78, 5) is 35.6. The molecule has 1 aromatic carbocycles. The number of rotatable bonds is 4. The lowest BCUT2D eigenvalue weighted by Crippen LogP contribution is -2.50. The number of H-pyrrole nitrogens is 1. The van der Waals surface area contributed by atoms with Crippen molar-refractivity contribution in [1.82, 2.24) is 14.9 Å². The van der Waals surface area contributed by atoms with E-state index in [1.165, 1.54) is 6.20 Å². The zero-order valence-electron chi connectivity index (χ0n) is 19.6. The number of ether oxygens (including phenoxy) is 2. The Labute approximate surface area is 202 Å². The maximum absolute atomic E-state index is 12.4. The highest BCUT2D eigenvalue weighted by Crippen LogP contribution is 2.34. The van der Waals surface area contributed by atoms with Crippen LogP contribution in [0.5, 0.6) is 5.75 Å². The van der Waals surface area contributed by atoms with E-state index in [0.717, 1.165) is 5.69 Å². The number of amides is 1. The van der Waals surface area contributed by atoms with Crippen LogP contribution < -0.4 is 20.5 Å². The predicted octanol–water partition coefficient (Wildman–Crippen LogP) is 4.39. The molecule has 1 aliphatic heterocycles. The quantitative estimate of drug-likeness (QED) is 0.529. The van der Waals surface area contributed by atoms with E-state index in [2.05, 4.69) is 20.2 Å². The van der Waals surface area contributed by atoms with E-state index in [1.54, 1.807) is 24.1 Å². The van der Waals surface area contributed by atoms with Gasteiger partial charge in [-0.1, -0.05) is 11.6 Å². The highest BCUT2D eigenvalue weighted by atomic mass is 35.5. The van der Waals surface area contributed by atoms with Gasteiger partial charge in [-0.15, -0.1) is 0 Å². The van der Waals surface area contributed by atoms with Crippen LogP contribution in [0, 0.1) is 0 Å². The molecule has 0 saturated carbocycles. The first-order valence-electron chi connectivity index (χ1n) is 11.0. The third kappa shape index (κ3) is 5.20. The Balaban J connectivity index is 1.52. The second-order valence-electron chi connectivity index (χ2n) is 9.02. The molecular weight excluding hydrogens is 458 g/mol. The van der Waals surface area contributed by atoms with Crippen LogP contribution in [0.15, 0.2) is 41.3 Å². The van der Waals surface area contributed by atoms with Crippen LogP contribution in [-0.4, -0.2) is 59.9 Å². The van der Waals surface area contributed by atoms with Gasteiger partial charge < -0.3 is 29.6 Å². The van der Waals surface area contributed by atoms with Gasteiger partial charge in [0, 0.05) is 44.1 Å². The number of anilines is 3. The summed E-state index contributed by atoms with van der Waals surface area (Å²) < 4.78 is 11.1. The second-order valence-corrected chi connectivity index (χ2v) is 9.41. The molecule has 1 fully saturated rings. The number of carbonyl (C=O) groups is 1. The molecule has 0 bridgehead atoms. The van der Waals surface area contributed by atoms with Gasteiger partial charge in [0.1, 0.15) is 16.5 Å². The van der Waals surface area contributed by atoms with Gasteiger partial charge in [-0.25, -0.2) is 9.78 Å². The van der Waals surface area contributed by atoms with Crippen LogP contribution in [0.3, 0.4) is 0 Å². The lowest BCUT2D eigenvalue weighted by molar-refractivity contribution is 0.0240. The molecule has 0 unspecified atom stereocenters. The number of fused-ring (bicyclic) bond motifs is 1. The molecular formula is C24H28ClN5O4. The van der Waals surface area contributed by atoms with Crippen molar-refractivity contribution >= 4 is 45.7 Å². The molecule has 1 amide bonds. The molecule has 1 saturated heterocycles. The number of hydrogen-bond acceptors (Lipinski definition) is 7. The first-order chi connectivity index (χ1) is 16.1. The average molecular weight is 486 g/mol. The van der Waals surface area contributed by atoms with Gasteiger partial charge in [0.2, 0.25) is 0 Å². The highest BCUT2D eigenvalue weighted by molar-refractivity contribution is 6.30. The molecule has 4 rings (SSSR count). The van der Waals surface area contributed by atoms with Gasteiger partial charge in [-0.2, -0.15) is 0 Å². The summed E-state index contributed by atoms with van der Waals surface area (Å²) >= 11 is 6.17. The summed E-state index contributed by atoms with van der Waals surface area (Å²) in [7, 11) is 1.59. The Morgan fingerprint density at radius 2 is 1.85 bits per heavy atom. The fourth-order valence-electron chi connectivity index (χ4n) is 3.86. The standard InChI is InChI=1S/C24H28ClN5O4/c1-24(2,3)34-23(32)30-11-9-29(10-12-30)15-5-6-16(19(13-15)33-4)27-18-14-20(25)28-17-7-8-26-22(31)21(17)18/h5-8,13-14H,9-12H2,1-4H3,(H,26,31)(H,27,28). The summed E-state index contributed by atoms with van der Waals surface area (Å²) in [6.45, 7) is 8.08. The largest absolute Gasteiger partial charge is 0.494 e. The maximum Gasteiger partial charge on any atom is 0.410 e. The zero-order chi connectivity index (χ0) is 24.5. The molecule has 0 atom stereocenters. The Morgan fingerprint density at radius 1 is 1.12 bits per heavy atom. The maximum atomic E-state index is 12.4. The third-order valence-electron chi connectivity index (χ3n) is 5.45. The first-order valence-corrected chi connectivity index (χ1v) is 11.4. The monoisotopic (exact) mass is 485 g/mol. The summed E-state index contributed by atoms with van der Waals surface area (Å²) in [5.41, 5.74) is 1.92. The molecule has 3 aromatic rings. The van der Waals surface area contributed by atoms with Crippen LogP contribution in [-0.2, 0) is 4.74 Å². The highest BCUT2D eigenvalue weighted by Gasteiger charge is 2.26. The number of benzene rings is 1. The van der Waals surface area contributed by atoms with Crippen molar-refractivity contribution in [2.45, 2.75) is 26.4 Å². The molecule has 34 heavy (non-hydrogen) atoms. The van der Waals surface area contributed by atoms with Gasteiger partial charge in [0.05, 0.1) is 29.4 Å². The molecule has 10 heteroatoms. The molecule has 0 aliphatic carbocycles. The SMILES string of the molecule is COc1cc(N2CCN(C(=O)OC(C)(C)C)CC2)ccc1Nc1cc(Cl)nc2cc[nH]c(=O)c12. The normalized spacial score (nSPS) is 14.3. The fourth-order valence-corrected chi connectivity index (χ4v) is 4.06. The van der Waals surface area contributed by atoms with E-state index in [4.69, 9.17) is 21.1 Å². The lowest BCUT2D eigenvalue weighted by Gasteiger charge is -2.37. The van der Waals surface area contributed by atoms with Crippen LogP contribution in [0.4, 0.5) is 21.9 Å². The number of methoxy groups -OCH3 is 1. The van der Waals surface area contributed by atoms with Crippen LogP contribution in [0.25, 0.3) is 10.9 Å². The predicted molar refractivity (Wildman–Crippen MR) is 134 cm³/mol. The average Bonchev–Trinajstić information content (AvgIpc) is 2.78. The summed E-state index contributed by atoms with van der Waals surface area (Å²) in [5, 5.41) is 3.95. The van der Waals surface area contributed by atoms with Crippen molar-refractivity contribution in [3.05, 3.63) is 52.0 Å². The molecule has 0 spiro atoms. The number of carbonyl (C=O) groups excluding carboxylic acids is 1. The summed E-state index contributed by atoms with van der Waals surface area (Å²) in [5.74, 6) is 0.612. The second kappa shape index (κ2) is 9.42. The summed E-state index contributed by atoms with van der Waals surface area (Å²) in [6, 6.07) is 9.11. The Kier molecular flexibility index (Phi) is 6.56. The number of pyridine rings is 2. The van der Waals surface area contributed by atoms with E-state index in [9.17, 15) is 9.59 Å². The fraction of sp³-hybridized carbons (Fsp3) is 0.375. The zero-order valence-corrected chi connectivity index (χ0v) is 20.4. The van der Waals surface area contributed by atoms with E-state index in [-0.39, 0.29) is 16.8 Å². The number of aromatic amines is 1. The van der Waals surface area contributed by atoms with Crippen LogP contribution in [0.2, 0.25) is 5.15 Å². The van der Waals surface area contributed by atoms with Gasteiger partial charge in [-0.05, 0) is 45.0 Å². The Morgan fingerprint density at radius 3 is 2.53 bits per heavy atom. The summed E-state index contributed by atoms with van der Waals surface area (Å²) in [6.07, 6.45) is 1.25. The molecule has 2 N–H and O–H groups in total. The number of aromatic nitrogens is 2. The minimum absolute atomic E-state index is 0.261. The van der Waals surface area contributed by atoms with Gasteiger partial charge in [0.25, 0.3) is 5.56 Å². The van der Waals surface area contributed by atoms with E-state index in [1.807, 2.05) is 39.0 Å². The van der Waals surface area contributed by atoms with Crippen molar-refractivity contribution in [2.24, 2.45) is 0 Å². The number of nitrogens with one attached hydrogen (secondary N) is 2. The van der Waals surface area contributed by atoms with Crippen LogP contribution >= 0.6 is 11.6 Å². The van der Waals surface area contributed by atoms with E-state index >= 15 is 0 Å². The minimum Gasteiger partial charge on any atom is -0.494 e. The van der Waals surface area contributed by atoms with Crippen molar-refractivity contribution in [1.29, 1.82) is 0 Å². The number of hydrogen-bond donors (Lipinski definition) is 2. The van der Waals surface area contributed by atoms with Crippen molar-refractivity contribution in [3.8, 4) is 5.75 Å². The van der Waals surface area contributed by atoms with Crippen molar-refractivity contribution in [2.75, 3.05) is 43.5 Å². The van der Waals surface area contributed by atoms with Crippen molar-refractivity contribution in [3.63, 3.8) is 0 Å². The lowest BCUT2D eigenvalue weighted by atomic mass is 10.2. The van der Waals surface area contributed by atoms with Crippen LogP contribution in [0.1, 0.15) is 20.8 Å². The molecule has 180 valence electrons. The Hall–Kier alpha value is -3.46. The number of nitrogens with zero attached hydrogens (tertiary/aromatic N) is 3. The molecule has 0 radical (unpaired) electrons. The smallest absolute Gasteiger partial charge is 0.410 e. The third-order valence-corrected chi connectivity index (χ3v) is 5.64. The molecule has 9 nitrogen and oxygen atoms in total. The number of halogens is 1. The van der Waals surface area contributed by atoms with E-state index in [0.29, 0.717) is 54.2 Å². The topological polar surface area (TPSA) is 99.8 Å². The first kappa shape index (κ1) is 23.7. The number of piperazine rings is 1. The molecule has 2 aromatic heterocycles.